The molecule has 0 fully saturated rings. The van der Waals surface area contributed by atoms with E-state index in [-0.39, 0.29) is 10.6 Å². The number of aryl methyl sites for hydroxylation is 2. The van der Waals surface area contributed by atoms with E-state index < -0.39 is 11.7 Å². The summed E-state index contributed by atoms with van der Waals surface area (Å²) >= 11 is 5.85. The average molecular weight is 295 g/mol. The van der Waals surface area contributed by atoms with Crippen LogP contribution < -0.4 is 5.32 Å². The third-order valence-electron chi connectivity index (χ3n) is 3.23. The first-order valence-corrected chi connectivity index (χ1v) is 6.73. The third kappa shape index (κ3) is 3.02. The maximum atomic E-state index is 13.6. The van der Waals surface area contributed by atoms with Gasteiger partial charge in [0.2, 0.25) is 0 Å². The number of carbonyl (C=O) groups excluding carboxylic acids is 1. The Morgan fingerprint density at radius 1 is 1.25 bits per heavy atom. The number of nitrogens with one attached hydrogen (secondary N) is 1. The molecule has 1 N–H and O–H groups in total. The van der Waals surface area contributed by atoms with E-state index in [1.807, 2.05) is 26.0 Å². The lowest BCUT2D eigenvalue weighted by molar-refractivity contribution is 0.0948. The Balaban J connectivity index is 2.00. The van der Waals surface area contributed by atoms with Gasteiger partial charge in [-0.15, -0.1) is 0 Å². The zero-order chi connectivity index (χ0) is 14.7. The van der Waals surface area contributed by atoms with E-state index in [4.69, 9.17) is 11.6 Å². The Morgan fingerprint density at radius 2 is 1.90 bits per heavy atom. The van der Waals surface area contributed by atoms with E-state index in [2.05, 4.69) is 9.88 Å². The molecule has 0 unspecified atom stereocenters. The fourth-order valence-corrected chi connectivity index (χ4v) is 2.39. The van der Waals surface area contributed by atoms with Gasteiger partial charge in [-0.25, -0.2) is 4.39 Å². The monoisotopic (exact) mass is 294 g/mol. The molecule has 20 heavy (non-hydrogen) atoms. The standard InChI is InChI=1S/C15H16ClFN2O/c1-10-6-7-11(2)19(10)9-8-18-15(20)14-12(16)4-3-5-13(14)17/h3-7H,8-9H2,1-2H3,(H,18,20). The van der Waals surface area contributed by atoms with Gasteiger partial charge in [-0.2, -0.15) is 0 Å². The van der Waals surface area contributed by atoms with Gasteiger partial charge >= 0.3 is 0 Å². The highest BCUT2D eigenvalue weighted by atomic mass is 35.5. The molecule has 1 aromatic carbocycles. The summed E-state index contributed by atoms with van der Waals surface area (Å²) in [5.41, 5.74) is 2.15. The van der Waals surface area contributed by atoms with Crippen LogP contribution in [0.25, 0.3) is 0 Å². The van der Waals surface area contributed by atoms with Crippen molar-refractivity contribution in [2.75, 3.05) is 6.54 Å². The van der Waals surface area contributed by atoms with Crippen molar-refractivity contribution in [3.05, 3.63) is 58.1 Å². The van der Waals surface area contributed by atoms with E-state index in [1.165, 1.54) is 18.2 Å². The smallest absolute Gasteiger partial charge is 0.255 e. The molecule has 0 atom stereocenters. The van der Waals surface area contributed by atoms with Crippen molar-refractivity contribution < 1.29 is 9.18 Å². The van der Waals surface area contributed by atoms with Crippen LogP contribution in [0, 0.1) is 19.7 Å². The molecule has 0 saturated heterocycles. The number of aromatic nitrogens is 1. The zero-order valence-electron chi connectivity index (χ0n) is 11.4. The van der Waals surface area contributed by atoms with Crippen LogP contribution in [-0.2, 0) is 6.54 Å². The van der Waals surface area contributed by atoms with E-state index in [0.717, 1.165) is 11.4 Å². The van der Waals surface area contributed by atoms with Gasteiger partial charge in [0.1, 0.15) is 5.82 Å². The van der Waals surface area contributed by atoms with Gasteiger partial charge in [-0.3, -0.25) is 4.79 Å². The van der Waals surface area contributed by atoms with Crippen molar-refractivity contribution in [1.29, 1.82) is 0 Å². The summed E-state index contributed by atoms with van der Waals surface area (Å²) in [6.45, 7) is 5.06. The largest absolute Gasteiger partial charge is 0.350 e. The van der Waals surface area contributed by atoms with Gasteiger partial charge in [0.15, 0.2) is 0 Å². The second-order valence-corrected chi connectivity index (χ2v) is 5.03. The summed E-state index contributed by atoms with van der Waals surface area (Å²) < 4.78 is 15.7. The molecule has 0 spiro atoms. The van der Waals surface area contributed by atoms with E-state index in [1.54, 1.807) is 0 Å². The molecular weight excluding hydrogens is 279 g/mol. The number of rotatable bonds is 4. The normalized spacial score (nSPS) is 10.6. The van der Waals surface area contributed by atoms with Gasteiger partial charge in [-0.05, 0) is 38.1 Å². The lowest BCUT2D eigenvalue weighted by atomic mass is 10.2. The van der Waals surface area contributed by atoms with Gasteiger partial charge in [0.25, 0.3) is 5.91 Å². The number of nitrogens with zero attached hydrogens (tertiary/aromatic N) is 1. The highest BCUT2D eigenvalue weighted by Gasteiger charge is 2.15. The first kappa shape index (κ1) is 14.6. The minimum Gasteiger partial charge on any atom is -0.350 e. The number of hydrogen-bond acceptors (Lipinski definition) is 1. The van der Waals surface area contributed by atoms with Crippen LogP contribution in [0.3, 0.4) is 0 Å². The van der Waals surface area contributed by atoms with E-state index >= 15 is 0 Å². The lowest BCUT2D eigenvalue weighted by Crippen LogP contribution is -2.28. The Hall–Kier alpha value is -1.81. The summed E-state index contributed by atoms with van der Waals surface area (Å²) in [6, 6.07) is 8.23. The number of hydrogen-bond donors (Lipinski definition) is 1. The fourth-order valence-electron chi connectivity index (χ4n) is 2.14. The van der Waals surface area contributed by atoms with Crippen molar-refractivity contribution in [2.24, 2.45) is 0 Å². The Kier molecular flexibility index (Phi) is 4.45. The number of benzene rings is 1. The maximum absolute atomic E-state index is 13.6. The molecule has 5 heteroatoms. The second-order valence-electron chi connectivity index (χ2n) is 4.62. The minimum absolute atomic E-state index is 0.102. The predicted molar refractivity (Wildman–Crippen MR) is 77.6 cm³/mol. The molecule has 106 valence electrons. The molecule has 1 heterocycles. The summed E-state index contributed by atoms with van der Waals surface area (Å²) in [7, 11) is 0. The predicted octanol–water partition coefficient (Wildman–Crippen LogP) is 3.33. The Bertz CT molecular complexity index is 597. The van der Waals surface area contributed by atoms with Crippen LogP contribution in [0.5, 0.6) is 0 Å². The van der Waals surface area contributed by atoms with Crippen LogP contribution in [0.2, 0.25) is 5.02 Å². The molecule has 0 aliphatic rings. The minimum atomic E-state index is -0.608. The number of carbonyl (C=O) groups is 1. The molecule has 2 rings (SSSR count). The third-order valence-corrected chi connectivity index (χ3v) is 3.54. The SMILES string of the molecule is Cc1ccc(C)n1CCNC(=O)c1c(F)cccc1Cl. The van der Waals surface area contributed by atoms with Crippen molar-refractivity contribution >= 4 is 17.5 Å². The van der Waals surface area contributed by atoms with Gasteiger partial charge < -0.3 is 9.88 Å². The molecule has 0 bridgehead atoms. The van der Waals surface area contributed by atoms with Gasteiger partial charge in [-0.1, -0.05) is 17.7 Å². The van der Waals surface area contributed by atoms with Crippen LogP contribution in [-0.4, -0.2) is 17.0 Å². The van der Waals surface area contributed by atoms with Crippen LogP contribution in [0.15, 0.2) is 30.3 Å². The zero-order valence-corrected chi connectivity index (χ0v) is 12.2. The lowest BCUT2D eigenvalue weighted by Gasteiger charge is -2.11. The van der Waals surface area contributed by atoms with Crippen molar-refractivity contribution in [3.63, 3.8) is 0 Å². The first-order valence-electron chi connectivity index (χ1n) is 6.35. The van der Waals surface area contributed by atoms with E-state index in [0.29, 0.717) is 13.1 Å². The first-order chi connectivity index (χ1) is 9.50. The van der Waals surface area contributed by atoms with E-state index in [9.17, 15) is 9.18 Å². The quantitative estimate of drug-likeness (QED) is 0.922. The highest BCUT2D eigenvalue weighted by Crippen LogP contribution is 2.18. The number of halogens is 2. The molecule has 1 aromatic heterocycles. The average Bonchev–Trinajstić information content (AvgIpc) is 2.70. The summed E-state index contributed by atoms with van der Waals surface area (Å²) in [6.07, 6.45) is 0. The van der Waals surface area contributed by atoms with Gasteiger partial charge in [0.05, 0.1) is 10.6 Å². The Morgan fingerprint density at radius 3 is 2.50 bits per heavy atom. The molecular formula is C15H16ClFN2O. The van der Waals surface area contributed by atoms with Crippen LogP contribution in [0.1, 0.15) is 21.7 Å². The highest BCUT2D eigenvalue weighted by molar-refractivity contribution is 6.33. The van der Waals surface area contributed by atoms with Crippen molar-refractivity contribution in [2.45, 2.75) is 20.4 Å². The number of amides is 1. The summed E-state index contributed by atoms with van der Waals surface area (Å²) in [4.78, 5) is 11.9. The Labute approximate surface area is 122 Å². The maximum Gasteiger partial charge on any atom is 0.255 e. The van der Waals surface area contributed by atoms with Gasteiger partial charge in [0, 0.05) is 24.5 Å². The topological polar surface area (TPSA) is 34.0 Å². The molecule has 1 amide bonds. The van der Waals surface area contributed by atoms with Crippen LogP contribution in [0.4, 0.5) is 4.39 Å². The molecule has 0 radical (unpaired) electrons. The fraction of sp³-hybridized carbons (Fsp3) is 0.267. The summed E-state index contributed by atoms with van der Waals surface area (Å²) in [5.74, 6) is -1.10. The van der Waals surface area contributed by atoms with Crippen molar-refractivity contribution in [3.8, 4) is 0 Å². The van der Waals surface area contributed by atoms with Crippen LogP contribution >= 0.6 is 11.6 Å². The van der Waals surface area contributed by atoms with Crippen molar-refractivity contribution in [1.82, 2.24) is 9.88 Å². The molecule has 2 aromatic rings. The molecule has 0 saturated carbocycles. The second kappa shape index (κ2) is 6.09. The molecule has 0 aliphatic carbocycles. The molecule has 0 aliphatic heterocycles. The molecule has 3 nitrogen and oxygen atoms in total. The summed E-state index contributed by atoms with van der Waals surface area (Å²) in [5, 5.41) is 2.81.